The summed E-state index contributed by atoms with van der Waals surface area (Å²) in [5.74, 6) is -5.96. The van der Waals surface area contributed by atoms with E-state index in [-0.39, 0.29) is 42.0 Å². The number of Topliss-reactive ketones (excluding diaryl/α,β-unsaturated/α-hetero) is 2. The summed E-state index contributed by atoms with van der Waals surface area (Å²) in [7, 11) is 0. The molecule has 0 spiro atoms. The highest BCUT2D eigenvalue weighted by molar-refractivity contribution is 6.24. The number of rotatable bonds is 5. The van der Waals surface area contributed by atoms with Gasteiger partial charge in [0.2, 0.25) is 23.6 Å². The summed E-state index contributed by atoms with van der Waals surface area (Å²) in [6, 6.07) is 18.0. The fraction of sp³-hybridized carbons (Fsp3) is 0.297. The largest absolute Gasteiger partial charge is 0.507 e. The number of fused-ring (bicyclic) bond motifs is 4. The second-order valence-electron chi connectivity index (χ2n) is 12.8. The molecule has 4 amide bonds. The molecule has 46 heavy (non-hydrogen) atoms. The van der Waals surface area contributed by atoms with Crippen molar-refractivity contribution < 1.29 is 33.9 Å². The molecule has 0 bridgehead atoms. The number of phenolic OH excluding ortho intramolecular Hbond substituents is 1. The van der Waals surface area contributed by atoms with Crippen LogP contribution in [0.2, 0.25) is 0 Å². The number of benzene rings is 3. The van der Waals surface area contributed by atoms with E-state index in [2.05, 4.69) is 0 Å². The second kappa shape index (κ2) is 10.7. The number of hydrogen-bond donors (Lipinski definition) is 1. The number of imide groups is 2. The van der Waals surface area contributed by atoms with Crippen LogP contribution in [-0.2, 0) is 19.2 Å². The Morgan fingerprint density at radius 1 is 0.674 bits per heavy atom. The number of allylic oxidation sites excluding steroid dienone is 2. The van der Waals surface area contributed by atoms with Crippen molar-refractivity contribution in [2.45, 2.75) is 39.5 Å². The van der Waals surface area contributed by atoms with Crippen molar-refractivity contribution in [1.29, 1.82) is 0 Å². The zero-order valence-corrected chi connectivity index (χ0v) is 25.6. The molecule has 2 aliphatic heterocycles. The Balaban J connectivity index is 1.31. The molecule has 1 saturated carbocycles. The zero-order chi connectivity index (χ0) is 32.6. The third kappa shape index (κ3) is 4.29. The van der Waals surface area contributed by atoms with Crippen LogP contribution in [0.15, 0.2) is 78.4 Å². The Hall–Kier alpha value is -5.18. The van der Waals surface area contributed by atoms with Crippen molar-refractivity contribution in [1.82, 2.24) is 0 Å². The number of ketones is 2. The first-order chi connectivity index (χ1) is 22.0. The van der Waals surface area contributed by atoms with E-state index < -0.39 is 47.3 Å². The maximum Gasteiger partial charge on any atom is 0.238 e. The predicted molar refractivity (Wildman–Crippen MR) is 168 cm³/mol. The van der Waals surface area contributed by atoms with Crippen LogP contribution < -0.4 is 9.80 Å². The summed E-state index contributed by atoms with van der Waals surface area (Å²) in [5, 5.41) is 11.3. The number of para-hydroxylation sites is 1. The summed E-state index contributed by atoms with van der Waals surface area (Å²) in [5.41, 5.74) is 3.56. The molecular weight excluding hydrogens is 584 g/mol. The van der Waals surface area contributed by atoms with Gasteiger partial charge in [0.05, 0.1) is 35.0 Å². The molecule has 0 aromatic heterocycles. The number of aryl methyl sites for hydroxylation is 1. The Morgan fingerprint density at radius 2 is 1.20 bits per heavy atom. The molecule has 0 radical (unpaired) electrons. The number of nitrogens with zero attached hydrogens (tertiary/aromatic N) is 2. The molecule has 3 aromatic carbocycles. The van der Waals surface area contributed by atoms with Crippen molar-refractivity contribution >= 4 is 46.6 Å². The van der Waals surface area contributed by atoms with Crippen molar-refractivity contribution in [2.75, 3.05) is 9.80 Å². The maximum atomic E-state index is 14.3. The van der Waals surface area contributed by atoms with Crippen molar-refractivity contribution in [3.63, 3.8) is 0 Å². The molecule has 2 aliphatic carbocycles. The van der Waals surface area contributed by atoms with Gasteiger partial charge in [0.15, 0.2) is 11.6 Å². The molecular formula is C37H32N2O7. The Morgan fingerprint density at radius 3 is 1.74 bits per heavy atom. The number of carbonyl (C=O) groups is 6. The summed E-state index contributed by atoms with van der Waals surface area (Å²) < 4.78 is 0. The van der Waals surface area contributed by atoms with Gasteiger partial charge in [0.1, 0.15) is 5.75 Å². The number of aromatic hydroxyl groups is 1. The molecule has 232 valence electrons. The molecule has 0 unspecified atom stereocenters. The van der Waals surface area contributed by atoms with Crippen LogP contribution in [0.25, 0.3) is 0 Å². The predicted octanol–water partition coefficient (Wildman–Crippen LogP) is 5.15. The van der Waals surface area contributed by atoms with Crippen LogP contribution in [0.1, 0.15) is 64.4 Å². The van der Waals surface area contributed by atoms with Gasteiger partial charge in [-0.2, -0.15) is 0 Å². The fourth-order valence-corrected chi connectivity index (χ4v) is 8.07. The van der Waals surface area contributed by atoms with Crippen LogP contribution in [-0.4, -0.2) is 40.3 Å². The number of phenols is 1. The molecule has 6 atom stereocenters. The van der Waals surface area contributed by atoms with Crippen molar-refractivity contribution in [3.05, 3.63) is 101 Å². The molecule has 1 N–H and O–H groups in total. The van der Waals surface area contributed by atoms with Crippen LogP contribution in [0.3, 0.4) is 0 Å². The standard InChI is InChI=1S/C37H32N2O7/c1-18-5-4-6-26(33(18)42)30-25-15-16-27-31(36(45)38(34(27)43)23-11-7-21(8-12-23)19(2)40)28(25)17-29-32(30)37(46)39(35(29)44)24-13-9-22(10-14-24)20(3)41/h4-15,27-32,42H,16-17H2,1-3H3/t27-,28+,29+,30+,31-,32+/m0/s1. The topological polar surface area (TPSA) is 129 Å². The van der Waals surface area contributed by atoms with Gasteiger partial charge < -0.3 is 5.11 Å². The van der Waals surface area contributed by atoms with E-state index in [1.165, 1.54) is 23.6 Å². The Bertz CT molecular complexity index is 1890. The van der Waals surface area contributed by atoms with Gasteiger partial charge in [-0.05, 0) is 93.6 Å². The molecule has 9 nitrogen and oxygen atoms in total. The number of carbonyl (C=O) groups excluding carboxylic acids is 6. The first-order valence-electron chi connectivity index (χ1n) is 15.5. The smallest absolute Gasteiger partial charge is 0.238 e. The molecule has 2 heterocycles. The van der Waals surface area contributed by atoms with E-state index >= 15 is 0 Å². The van der Waals surface area contributed by atoms with Gasteiger partial charge in [0.25, 0.3) is 0 Å². The highest BCUT2D eigenvalue weighted by atomic mass is 16.3. The lowest BCUT2D eigenvalue weighted by Crippen LogP contribution is -2.43. The molecule has 4 aliphatic rings. The zero-order valence-electron chi connectivity index (χ0n) is 25.6. The van der Waals surface area contributed by atoms with E-state index in [1.54, 1.807) is 73.7 Å². The van der Waals surface area contributed by atoms with Crippen LogP contribution in [0.5, 0.6) is 5.75 Å². The average Bonchev–Trinajstić information content (AvgIpc) is 3.45. The fourth-order valence-electron chi connectivity index (χ4n) is 8.07. The van der Waals surface area contributed by atoms with E-state index in [0.717, 1.165) is 5.57 Å². The molecule has 3 fully saturated rings. The van der Waals surface area contributed by atoms with Crippen molar-refractivity contribution in [3.8, 4) is 5.75 Å². The van der Waals surface area contributed by atoms with Gasteiger partial charge in [-0.25, -0.2) is 0 Å². The minimum Gasteiger partial charge on any atom is -0.507 e. The molecule has 7 rings (SSSR count). The second-order valence-corrected chi connectivity index (χ2v) is 12.8. The van der Waals surface area contributed by atoms with E-state index in [4.69, 9.17) is 0 Å². The third-order valence-electron chi connectivity index (χ3n) is 10.3. The summed E-state index contributed by atoms with van der Waals surface area (Å²) in [6.45, 7) is 4.65. The first kappa shape index (κ1) is 29.5. The van der Waals surface area contributed by atoms with Crippen molar-refractivity contribution in [2.24, 2.45) is 29.6 Å². The van der Waals surface area contributed by atoms with E-state index in [0.29, 0.717) is 33.6 Å². The van der Waals surface area contributed by atoms with Crippen LogP contribution in [0.4, 0.5) is 11.4 Å². The minimum atomic E-state index is -0.825. The lowest BCUT2D eigenvalue weighted by atomic mass is 9.57. The number of anilines is 2. The minimum absolute atomic E-state index is 0.0282. The quantitative estimate of drug-likeness (QED) is 0.238. The number of hydrogen-bond acceptors (Lipinski definition) is 7. The van der Waals surface area contributed by atoms with Gasteiger partial charge in [0, 0.05) is 22.6 Å². The average molecular weight is 617 g/mol. The highest BCUT2D eigenvalue weighted by Crippen LogP contribution is 2.59. The Labute approximate surface area is 265 Å². The molecule has 9 heteroatoms. The van der Waals surface area contributed by atoms with Gasteiger partial charge in [-0.15, -0.1) is 0 Å². The SMILES string of the molecule is CC(=O)c1ccc(N2C(=O)[C@H]3[C@H](CC=C4[C@H]3C[C@H]3C(=O)N(c5ccc(C(C)=O)cc5)C(=O)[C@H]3[C@H]4c3cccc(C)c3O)C2=O)cc1. The Kier molecular flexibility index (Phi) is 6.88. The summed E-state index contributed by atoms with van der Waals surface area (Å²) in [6.07, 6.45) is 2.41. The lowest BCUT2D eigenvalue weighted by Gasteiger charge is -2.44. The van der Waals surface area contributed by atoms with Crippen LogP contribution in [0, 0.1) is 36.5 Å². The monoisotopic (exact) mass is 616 g/mol. The molecule has 2 saturated heterocycles. The van der Waals surface area contributed by atoms with E-state index in [1.807, 2.05) is 6.08 Å². The van der Waals surface area contributed by atoms with Gasteiger partial charge in [-0.3, -0.25) is 38.6 Å². The van der Waals surface area contributed by atoms with Gasteiger partial charge in [-0.1, -0.05) is 29.8 Å². The first-order valence-corrected chi connectivity index (χ1v) is 15.5. The highest BCUT2D eigenvalue weighted by Gasteiger charge is 2.62. The van der Waals surface area contributed by atoms with Crippen LogP contribution >= 0.6 is 0 Å². The lowest BCUT2D eigenvalue weighted by molar-refractivity contribution is -0.126. The molecule has 3 aromatic rings. The summed E-state index contributed by atoms with van der Waals surface area (Å²) >= 11 is 0. The van der Waals surface area contributed by atoms with Gasteiger partial charge >= 0.3 is 0 Å². The third-order valence-corrected chi connectivity index (χ3v) is 10.3. The number of amides is 4. The maximum absolute atomic E-state index is 14.3. The summed E-state index contributed by atoms with van der Waals surface area (Å²) in [4.78, 5) is 82.4. The van der Waals surface area contributed by atoms with E-state index in [9.17, 15) is 33.9 Å². The normalized spacial score (nSPS) is 26.9.